The molecule has 0 unspecified atom stereocenters. The molecular formula is C22H23N3O4. The van der Waals surface area contributed by atoms with Crippen LogP contribution in [0.5, 0.6) is 5.75 Å². The van der Waals surface area contributed by atoms with Crippen LogP contribution in [-0.2, 0) is 0 Å². The summed E-state index contributed by atoms with van der Waals surface area (Å²) in [5.41, 5.74) is 0.879. The number of hydrogen-bond donors (Lipinski definition) is 3. The molecule has 0 saturated heterocycles. The van der Waals surface area contributed by atoms with Crippen LogP contribution in [0.15, 0.2) is 52.1 Å². The average molecular weight is 393 g/mol. The predicted octanol–water partition coefficient (Wildman–Crippen LogP) is 3.30. The number of benzene rings is 2. The van der Waals surface area contributed by atoms with Gasteiger partial charge in [0.05, 0.1) is 11.3 Å². The number of anilines is 4. The van der Waals surface area contributed by atoms with Crippen molar-refractivity contribution in [2.45, 2.75) is 19.8 Å². The number of carbonyl (C=O) groups excluding carboxylic acids is 1. The third-order valence-corrected chi connectivity index (χ3v) is 4.69. The van der Waals surface area contributed by atoms with Crippen LogP contribution in [0.4, 0.5) is 22.7 Å². The topological polar surface area (TPSA) is 98.7 Å². The van der Waals surface area contributed by atoms with Crippen molar-refractivity contribution in [1.82, 2.24) is 4.90 Å². The first-order valence-corrected chi connectivity index (χ1v) is 9.22. The van der Waals surface area contributed by atoms with Gasteiger partial charge in [-0.25, -0.2) is 0 Å². The summed E-state index contributed by atoms with van der Waals surface area (Å²) in [6, 6.07) is 12.2. The summed E-state index contributed by atoms with van der Waals surface area (Å²) >= 11 is 0. The van der Waals surface area contributed by atoms with Crippen LogP contribution in [-0.4, -0.2) is 30.0 Å². The molecule has 0 saturated carbocycles. The number of nitrogens with zero attached hydrogens (tertiary/aromatic N) is 1. The lowest BCUT2D eigenvalue weighted by atomic mass is 10.0. The summed E-state index contributed by atoms with van der Waals surface area (Å²) in [6.45, 7) is 4.07. The minimum absolute atomic E-state index is 0.0540. The largest absolute Gasteiger partial charge is 0.505 e. The monoisotopic (exact) mass is 393 g/mol. The summed E-state index contributed by atoms with van der Waals surface area (Å²) in [4.78, 5) is 37.9. The third-order valence-electron chi connectivity index (χ3n) is 4.69. The molecule has 0 aliphatic heterocycles. The van der Waals surface area contributed by atoms with Gasteiger partial charge >= 0.3 is 0 Å². The van der Waals surface area contributed by atoms with E-state index in [0.717, 1.165) is 11.3 Å². The van der Waals surface area contributed by atoms with E-state index in [2.05, 4.69) is 10.6 Å². The number of hydrogen-bond acceptors (Lipinski definition) is 6. The van der Waals surface area contributed by atoms with E-state index in [4.69, 9.17) is 0 Å². The Kier molecular flexibility index (Phi) is 5.41. The van der Waals surface area contributed by atoms with Gasteiger partial charge in [-0.2, -0.15) is 0 Å². The minimum atomic E-state index is -0.682. The molecular weight excluding hydrogens is 370 g/mol. The first kappa shape index (κ1) is 20.1. The molecule has 0 atom stereocenters. The molecule has 0 aliphatic rings. The lowest BCUT2D eigenvalue weighted by Crippen LogP contribution is -2.36. The fourth-order valence-electron chi connectivity index (χ4n) is 3.07. The maximum atomic E-state index is 12.2. The number of para-hydroxylation sites is 2. The quantitative estimate of drug-likeness (QED) is 0.439. The van der Waals surface area contributed by atoms with Gasteiger partial charge in [-0.15, -0.1) is 0 Å². The van der Waals surface area contributed by atoms with Crippen molar-refractivity contribution in [2.24, 2.45) is 0 Å². The summed E-state index contributed by atoms with van der Waals surface area (Å²) in [5, 5.41) is 16.3. The van der Waals surface area contributed by atoms with Crippen molar-refractivity contribution in [2.75, 3.05) is 24.7 Å². The fourth-order valence-corrected chi connectivity index (χ4v) is 3.07. The molecule has 0 aromatic heterocycles. The molecule has 0 radical (unpaired) electrons. The van der Waals surface area contributed by atoms with Crippen molar-refractivity contribution in [3.8, 4) is 5.75 Å². The Balaban J connectivity index is 1.95. The van der Waals surface area contributed by atoms with Crippen LogP contribution in [0.25, 0.3) is 0 Å². The fraction of sp³-hybridized carbons (Fsp3) is 0.227. The highest BCUT2D eigenvalue weighted by Crippen LogP contribution is 2.33. The summed E-state index contributed by atoms with van der Waals surface area (Å²) in [5.74, 6) is -0.438. The van der Waals surface area contributed by atoms with Gasteiger partial charge in [0, 0.05) is 19.8 Å². The Morgan fingerprint density at radius 1 is 0.897 bits per heavy atom. The van der Waals surface area contributed by atoms with Gasteiger partial charge in [0.2, 0.25) is 0 Å². The van der Waals surface area contributed by atoms with E-state index in [1.54, 1.807) is 20.2 Å². The number of carbonyl (C=O) groups is 1. The normalized spacial score (nSPS) is 10.9. The van der Waals surface area contributed by atoms with E-state index in [1.807, 2.05) is 38.1 Å². The number of phenols is 1. The van der Waals surface area contributed by atoms with Crippen LogP contribution in [0.1, 0.15) is 35.7 Å². The maximum Gasteiger partial charge on any atom is 0.257 e. The van der Waals surface area contributed by atoms with Gasteiger partial charge < -0.3 is 20.6 Å². The van der Waals surface area contributed by atoms with Crippen LogP contribution in [0.3, 0.4) is 0 Å². The predicted molar refractivity (Wildman–Crippen MR) is 115 cm³/mol. The lowest BCUT2D eigenvalue weighted by Gasteiger charge is -2.19. The van der Waals surface area contributed by atoms with Crippen molar-refractivity contribution in [3.05, 3.63) is 74.0 Å². The molecule has 0 aliphatic carbocycles. The number of aromatic hydroxyl groups is 1. The zero-order valence-electron chi connectivity index (χ0n) is 16.7. The Hall–Kier alpha value is -3.61. The van der Waals surface area contributed by atoms with E-state index in [-0.39, 0.29) is 40.2 Å². The molecule has 3 aromatic carbocycles. The second-order valence-electron chi connectivity index (χ2n) is 7.30. The van der Waals surface area contributed by atoms with E-state index < -0.39 is 10.9 Å². The Bertz CT molecular complexity index is 1140. The number of amides is 1. The lowest BCUT2D eigenvalue weighted by molar-refractivity contribution is 0.0824. The molecule has 7 nitrogen and oxygen atoms in total. The average Bonchev–Trinajstić information content (AvgIpc) is 2.70. The second kappa shape index (κ2) is 7.79. The molecule has 0 spiro atoms. The Labute approximate surface area is 168 Å². The molecule has 3 rings (SSSR count). The first-order chi connectivity index (χ1) is 13.7. The molecule has 150 valence electrons. The van der Waals surface area contributed by atoms with Gasteiger partial charge in [-0.1, -0.05) is 38.1 Å². The Morgan fingerprint density at radius 2 is 1.45 bits per heavy atom. The molecule has 29 heavy (non-hydrogen) atoms. The summed E-state index contributed by atoms with van der Waals surface area (Å²) in [7, 11) is 3.15. The van der Waals surface area contributed by atoms with E-state index in [1.165, 1.54) is 17.0 Å². The minimum Gasteiger partial charge on any atom is -0.505 e. The highest BCUT2D eigenvalue weighted by molar-refractivity contribution is 5.99. The molecule has 0 fully saturated rings. The SMILES string of the molecule is CC(C)c1ccccc1Nc1c(Nc2cccc(C(=O)N(C)C)c2O)c(=O)c1=O. The first-order valence-electron chi connectivity index (χ1n) is 9.22. The number of rotatable bonds is 6. The zero-order valence-corrected chi connectivity index (χ0v) is 16.7. The van der Waals surface area contributed by atoms with E-state index in [0.29, 0.717) is 0 Å². The van der Waals surface area contributed by atoms with Gasteiger partial charge in [0.25, 0.3) is 16.8 Å². The van der Waals surface area contributed by atoms with Gasteiger partial charge in [-0.3, -0.25) is 14.4 Å². The van der Waals surface area contributed by atoms with Crippen molar-refractivity contribution < 1.29 is 9.90 Å². The van der Waals surface area contributed by atoms with Gasteiger partial charge in [-0.05, 0) is 29.7 Å². The van der Waals surface area contributed by atoms with Crippen LogP contribution >= 0.6 is 0 Å². The van der Waals surface area contributed by atoms with Crippen molar-refractivity contribution >= 4 is 28.7 Å². The molecule has 7 heteroatoms. The van der Waals surface area contributed by atoms with Gasteiger partial charge in [0.1, 0.15) is 11.4 Å². The smallest absolute Gasteiger partial charge is 0.257 e. The summed E-state index contributed by atoms with van der Waals surface area (Å²) in [6.07, 6.45) is 0. The third kappa shape index (κ3) is 3.71. The molecule has 1 amide bonds. The van der Waals surface area contributed by atoms with Crippen LogP contribution in [0.2, 0.25) is 0 Å². The standard InChI is InChI=1S/C22H23N3O4/c1-12(2)13-8-5-6-10-15(13)23-17-18(21(28)20(17)27)24-16-11-7-9-14(19(16)26)22(29)25(3)4/h5-12,23-24,26H,1-4H3. The highest BCUT2D eigenvalue weighted by Gasteiger charge is 2.24. The Morgan fingerprint density at radius 3 is 2.03 bits per heavy atom. The second-order valence-corrected chi connectivity index (χ2v) is 7.30. The molecule has 0 heterocycles. The van der Waals surface area contributed by atoms with Crippen molar-refractivity contribution in [3.63, 3.8) is 0 Å². The number of nitrogens with one attached hydrogen (secondary N) is 2. The van der Waals surface area contributed by atoms with Gasteiger partial charge in [0.15, 0.2) is 5.75 Å². The molecule has 3 N–H and O–H groups in total. The van der Waals surface area contributed by atoms with Crippen molar-refractivity contribution in [1.29, 1.82) is 0 Å². The van der Waals surface area contributed by atoms with Crippen LogP contribution in [0, 0.1) is 0 Å². The zero-order chi connectivity index (χ0) is 21.3. The molecule has 0 bridgehead atoms. The van der Waals surface area contributed by atoms with E-state index in [9.17, 15) is 19.5 Å². The van der Waals surface area contributed by atoms with Crippen LogP contribution < -0.4 is 21.5 Å². The number of phenolic OH excluding ortho intramolecular Hbond substituents is 1. The summed E-state index contributed by atoms with van der Waals surface area (Å²) < 4.78 is 0. The highest BCUT2D eigenvalue weighted by atomic mass is 16.3. The maximum absolute atomic E-state index is 12.2. The van der Waals surface area contributed by atoms with E-state index >= 15 is 0 Å². The molecule has 3 aromatic rings.